The molecule has 110 valence electrons. The van der Waals surface area contributed by atoms with Gasteiger partial charge in [0.2, 0.25) is 0 Å². The van der Waals surface area contributed by atoms with Gasteiger partial charge in [0.25, 0.3) is 0 Å². The van der Waals surface area contributed by atoms with Crippen LogP contribution in [0.4, 0.5) is 0 Å². The van der Waals surface area contributed by atoms with E-state index in [-0.39, 0.29) is 0 Å². The molecular formula is C19H29N. The molecule has 2 bridgehead atoms. The van der Waals surface area contributed by atoms with Gasteiger partial charge < -0.3 is 5.32 Å². The normalized spacial score (nSPS) is 32.2. The molecular weight excluding hydrogens is 242 g/mol. The van der Waals surface area contributed by atoms with Gasteiger partial charge in [-0.3, -0.25) is 0 Å². The number of hydrogen-bond donors (Lipinski definition) is 1. The molecule has 1 aromatic carbocycles. The van der Waals surface area contributed by atoms with Crippen LogP contribution in [0.5, 0.6) is 0 Å². The first-order chi connectivity index (χ1) is 9.57. The highest BCUT2D eigenvalue weighted by Gasteiger charge is 2.50. The van der Waals surface area contributed by atoms with Crippen LogP contribution in [-0.4, -0.2) is 12.6 Å². The van der Waals surface area contributed by atoms with E-state index in [9.17, 15) is 0 Å². The van der Waals surface area contributed by atoms with Gasteiger partial charge in [-0.1, -0.05) is 50.1 Å². The van der Waals surface area contributed by atoms with Crippen LogP contribution >= 0.6 is 0 Å². The molecule has 0 aromatic heterocycles. The maximum Gasteiger partial charge on any atom is 0.00161 e. The Hall–Kier alpha value is -0.820. The van der Waals surface area contributed by atoms with Gasteiger partial charge in [-0.2, -0.15) is 0 Å². The van der Waals surface area contributed by atoms with Crippen molar-refractivity contribution in [3.8, 4) is 0 Å². The summed E-state index contributed by atoms with van der Waals surface area (Å²) in [5, 5.41) is 3.75. The second-order valence-electron chi connectivity index (χ2n) is 7.64. The largest absolute Gasteiger partial charge is 0.314 e. The molecule has 0 aliphatic heterocycles. The molecule has 3 atom stereocenters. The van der Waals surface area contributed by atoms with Crippen LogP contribution in [0.3, 0.4) is 0 Å². The van der Waals surface area contributed by atoms with E-state index in [4.69, 9.17) is 0 Å². The van der Waals surface area contributed by atoms with Crippen molar-refractivity contribution in [2.24, 2.45) is 17.3 Å². The fourth-order valence-corrected chi connectivity index (χ4v) is 4.69. The first kappa shape index (κ1) is 14.1. The second kappa shape index (κ2) is 5.52. The Morgan fingerprint density at radius 2 is 2.15 bits per heavy atom. The van der Waals surface area contributed by atoms with Crippen molar-refractivity contribution in [3.63, 3.8) is 0 Å². The molecule has 1 N–H and O–H groups in total. The third-order valence-electron chi connectivity index (χ3n) is 5.60. The lowest BCUT2D eigenvalue weighted by atomic mass is 9.69. The standard InChI is InChI=1S/C19H29N/c1-14(2)20-13-19(12-17-7-8-18(19)10-17)11-16-6-4-5-15(3)9-16/h4-6,9,14,17-18,20H,7-8,10-13H2,1-3H3. The minimum Gasteiger partial charge on any atom is -0.314 e. The Balaban J connectivity index is 1.79. The first-order valence-corrected chi connectivity index (χ1v) is 8.36. The van der Waals surface area contributed by atoms with Gasteiger partial charge in [-0.05, 0) is 55.4 Å². The van der Waals surface area contributed by atoms with E-state index in [1.165, 1.54) is 44.2 Å². The molecule has 0 radical (unpaired) electrons. The highest BCUT2D eigenvalue weighted by molar-refractivity contribution is 5.24. The topological polar surface area (TPSA) is 12.0 Å². The molecule has 2 aliphatic carbocycles. The minimum absolute atomic E-state index is 0.529. The van der Waals surface area contributed by atoms with Crippen LogP contribution in [-0.2, 0) is 6.42 Å². The summed E-state index contributed by atoms with van der Waals surface area (Å²) in [6, 6.07) is 9.76. The predicted octanol–water partition coefficient (Wildman–Crippen LogP) is 4.34. The first-order valence-electron chi connectivity index (χ1n) is 8.36. The molecule has 2 saturated carbocycles. The Bertz CT molecular complexity index is 465. The van der Waals surface area contributed by atoms with Crippen molar-refractivity contribution in [2.45, 2.75) is 58.9 Å². The van der Waals surface area contributed by atoms with Gasteiger partial charge in [0.05, 0.1) is 0 Å². The van der Waals surface area contributed by atoms with E-state index < -0.39 is 0 Å². The van der Waals surface area contributed by atoms with Crippen molar-refractivity contribution in [1.29, 1.82) is 0 Å². The monoisotopic (exact) mass is 271 g/mol. The summed E-state index contributed by atoms with van der Waals surface area (Å²) in [5.41, 5.74) is 3.47. The summed E-state index contributed by atoms with van der Waals surface area (Å²) in [6.07, 6.45) is 7.17. The zero-order valence-electron chi connectivity index (χ0n) is 13.3. The Labute approximate surface area is 124 Å². The van der Waals surface area contributed by atoms with E-state index in [0.29, 0.717) is 11.5 Å². The van der Waals surface area contributed by atoms with Crippen molar-refractivity contribution < 1.29 is 0 Å². The molecule has 0 saturated heterocycles. The van der Waals surface area contributed by atoms with Crippen LogP contribution in [0, 0.1) is 24.2 Å². The summed E-state index contributed by atoms with van der Waals surface area (Å²) in [4.78, 5) is 0. The molecule has 3 rings (SSSR count). The average molecular weight is 271 g/mol. The summed E-state index contributed by atoms with van der Waals surface area (Å²) < 4.78 is 0. The van der Waals surface area contributed by atoms with Crippen molar-refractivity contribution in [1.82, 2.24) is 5.32 Å². The van der Waals surface area contributed by atoms with E-state index in [2.05, 4.69) is 50.4 Å². The molecule has 1 aromatic rings. The van der Waals surface area contributed by atoms with Gasteiger partial charge in [0, 0.05) is 12.6 Å². The zero-order chi connectivity index (χ0) is 14.2. The van der Waals surface area contributed by atoms with E-state index >= 15 is 0 Å². The molecule has 0 amide bonds. The lowest BCUT2D eigenvalue weighted by Gasteiger charge is -2.39. The summed E-state index contributed by atoms with van der Waals surface area (Å²) in [5.74, 6) is 1.97. The Kier molecular flexibility index (Phi) is 3.90. The molecule has 3 unspecified atom stereocenters. The maximum atomic E-state index is 3.75. The highest BCUT2D eigenvalue weighted by atomic mass is 14.9. The van der Waals surface area contributed by atoms with Gasteiger partial charge in [0.1, 0.15) is 0 Å². The van der Waals surface area contributed by atoms with Crippen molar-refractivity contribution in [2.75, 3.05) is 6.54 Å². The lowest BCUT2D eigenvalue weighted by molar-refractivity contribution is 0.152. The molecule has 1 nitrogen and oxygen atoms in total. The van der Waals surface area contributed by atoms with Crippen LogP contribution in [0.25, 0.3) is 0 Å². The highest BCUT2D eigenvalue weighted by Crippen LogP contribution is 2.57. The van der Waals surface area contributed by atoms with E-state index in [1.54, 1.807) is 5.56 Å². The van der Waals surface area contributed by atoms with Crippen LogP contribution < -0.4 is 5.32 Å². The predicted molar refractivity (Wildman–Crippen MR) is 85.9 cm³/mol. The van der Waals surface area contributed by atoms with Crippen LogP contribution in [0.15, 0.2) is 24.3 Å². The van der Waals surface area contributed by atoms with Crippen molar-refractivity contribution in [3.05, 3.63) is 35.4 Å². The number of rotatable bonds is 5. The third kappa shape index (κ3) is 2.79. The number of benzene rings is 1. The Morgan fingerprint density at radius 3 is 2.75 bits per heavy atom. The molecule has 0 heterocycles. The minimum atomic E-state index is 0.529. The van der Waals surface area contributed by atoms with Gasteiger partial charge in [-0.15, -0.1) is 0 Å². The Morgan fingerprint density at radius 1 is 1.30 bits per heavy atom. The fourth-order valence-electron chi connectivity index (χ4n) is 4.69. The van der Waals surface area contributed by atoms with E-state index in [1.807, 2.05) is 0 Å². The lowest BCUT2D eigenvalue weighted by Crippen LogP contribution is -2.42. The van der Waals surface area contributed by atoms with E-state index in [0.717, 1.165) is 11.8 Å². The summed E-state index contributed by atoms with van der Waals surface area (Å²) in [6.45, 7) is 7.96. The number of nitrogens with one attached hydrogen (secondary N) is 1. The number of fused-ring (bicyclic) bond motifs is 2. The molecule has 2 fully saturated rings. The summed E-state index contributed by atoms with van der Waals surface area (Å²) >= 11 is 0. The third-order valence-corrected chi connectivity index (χ3v) is 5.60. The summed E-state index contributed by atoms with van der Waals surface area (Å²) in [7, 11) is 0. The SMILES string of the molecule is Cc1cccc(CC2(CNC(C)C)CC3CCC2C3)c1. The number of aryl methyl sites for hydroxylation is 1. The van der Waals surface area contributed by atoms with Crippen LogP contribution in [0.1, 0.15) is 50.7 Å². The molecule has 20 heavy (non-hydrogen) atoms. The quantitative estimate of drug-likeness (QED) is 0.840. The maximum absolute atomic E-state index is 3.75. The van der Waals surface area contributed by atoms with Gasteiger partial charge in [0.15, 0.2) is 0 Å². The smallest absolute Gasteiger partial charge is 0.00161 e. The fraction of sp³-hybridized carbons (Fsp3) is 0.684. The van der Waals surface area contributed by atoms with Gasteiger partial charge in [-0.25, -0.2) is 0 Å². The zero-order valence-corrected chi connectivity index (χ0v) is 13.3. The number of hydrogen-bond acceptors (Lipinski definition) is 1. The molecule has 2 aliphatic rings. The average Bonchev–Trinajstić information content (AvgIpc) is 2.97. The van der Waals surface area contributed by atoms with Gasteiger partial charge >= 0.3 is 0 Å². The van der Waals surface area contributed by atoms with Crippen molar-refractivity contribution >= 4 is 0 Å². The van der Waals surface area contributed by atoms with Crippen LogP contribution in [0.2, 0.25) is 0 Å². The molecule has 0 spiro atoms. The second-order valence-corrected chi connectivity index (χ2v) is 7.64. The molecule has 1 heteroatoms.